The van der Waals surface area contributed by atoms with Gasteiger partial charge in [-0.25, -0.2) is 9.50 Å². The van der Waals surface area contributed by atoms with Gasteiger partial charge in [-0.1, -0.05) is 0 Å². The number of fused-ring (bicyclic) bond motifs is 6. The van der Waals surface area contributed by atoms with E-state index >= 15 is 0 Å². The first-order valence-corrected chi connectivity index (χ1v) is 10.0. The van der Waals surface area contributed by atoms with Gasteiger partial charge in [0.1, 0.15) is 5.75 Å². The van der Waals surface area contributed by atoms with E-state index in [0.717, 1.165) is 47.5 Å². The largest absolute Gasteiger partial charge is 0.497 e. The fourth-order valence-electron chi connectivity index (χ4n) is 4.72. The van der Waals surface area contributed by atoms with Crippen molar-refractivity contribution in [2.24, 2.45) is 0 Å². The average molecular weight is 391 g/mol. The van der Waals surface area contributed by atoms with Gasteiger partial charge in [0.2, 0.25) is 5.91 Å². The van der Waals surface area contributed by atoms with Crippen LogP contribution in [-0.2, 0) is 11.2 Å². The van der Waals surface area contributed by atoms with Crippen molar-refractivity contribution in [2.45, 2.75) is 31.3 Å². The highest BCUT2D eigenvalue weighted by Gasteiger charge is 2.43. The van der Waals surface area contributed by atoms with E-state index in [1.54, 1.807) is 7.11 Å². The molecule has 1 saturated heterocycles. The van der Waals surface area contributed by atoms with Gasteiger partial charge in [-0.15, -0.1) is 0 Å². The molecule has 0 spiro atoms. The number of carbonyl (C=O) groups excluding carboxylic acids is 1. The Morgan fingerprint density at radius 3 is 2.76 bits per heavy atom. The van der Waals surface area contributed by atoms with Crippen molar-refractivity contribution in [3.8, 4) is 17.0 Å². The van der Waals surface area contributed by atoms with Crippen molar-refractivity contribution in [1.82, 2.24) is 24.4 Å². The molecule has 7 nitrogen and oxygen atoms in total. The number of ether oxygens (including phenoxy) is 1. The summed E-state index contributed by atoms with van der Waals surface area (Å²) in [6.07, 6.45) is 4.81. The first kappa shape index (κ1) is 18.1. The van der Waals surface area contributed by atoms with Crippen molar-refractivity contribution in [3.05, 3.63) is 47.8 Å². The van der Waals surface area contributed by atoms with Crippen LogP contribution in [0.4, 0.5) is 0 Å². The number of likely N-dealkylation sites (N-methyl/N-ethyl adjacent to an activating group) is 1. The smallest absolute Gasteiger partial charge is 0.237 e. The van der Waals surface area contributed by atoms with E-state index in [9.17, 15) is 4.79 Å². The van der Waals surface area contributed by atoms with Crippen LogP contribution in [0.1, 0.15) is 30.1 Å². The highest BCUT2D eigenvalue weighted by molar-refractivity contribution is 5.80. The molecule has 2 bridgehead atoms. The Kier molecular flexibility index (Phi) is 4.28. The number of carbonyl (C=O) groups is 1. The van der Waals surface area contributed by atoms with E-state index in [1.807, 2.05) is 60.0 Å². The first-order chi connectivity index (χ1) is 14.0. The van der Waals surface area contributed by atoms with Gasteiger partial charge >= 0.3 is 0 Å². The predicted molar refractivity (Wildman–Crippen MR) is 110 cm³/mol. The van der Waals surface area contributed by atoms with Crippen molar-refractivity contribution in [2.75, 3.05) is 27.7 Å². The predicted octanol–water partition coefficient (Wildman–Crippen LogP) is 2.55. The highest BCUT2D eigenvalue weighted by Crippen LogP contribution is 2.43. The van der Waals surface area contributed by atoms with E-state index < -0.39 is 0 Å². The monoisotopic (exact) mass is 391 g/mol. The molecule has 0 unspecified atom stereocenters. The van der Waals surface area contributed by atoms with Crippen LogP contribution in [-0.4, -0.2) is 64.1 Å². The van der Waals surface area contributed by atoms with Crippen LogP contribution in [0, 0.1) is 0 Å². The lowest BCUT2D eigenvalue weighted by atomic mass is 9.99. The molecule has 2 aromatic heterocycles. The zero-order chi connectivity index (χ0) is 20.1. The summed E-state index contributed by atoms with van der Waals surface area (Å²) in [4.78, 5) is 21.5. The molecule has 0 saturated carbocycles. The number of hydrogen-bond acceptors (Lipinski definition) is 5. The van der Waals surface area contributed by atoms with Gasteiger partial charge in [0, 0.05) is 35.9 Å². The van der Waals surface area contributed by atoms with Crippen molar-refractivity contribution < 1.29 is 9.53 Å². The third-order valence-corrected chi connectivity index (χ3v) is 6.03. The molecule has 5 rings (SSSR count). The zero-order valence-corrected chi connectivity index (χ0v) is 17.0. The Labute approximate surface area is 169 Å². The SMILES string of the molecule is COc1ccc(-c2cc3ncc4c(n3n2)C[C@H]2CC[C@H]4N2C(=O)CN(C)C)cc1. The maximum atomic E-state index is 12.8. The van der Waals surface area contributed by atoms with Gasteiger partial charge in [-0.3, -0.25) is 4.79 Å². The quantitative estimate of drug-likeness (QED) is 0.684. The summed E-state index contributed by atoms with van der Waals surface area (Å²) in [5.74, 6) is 1.03. The molecule has 0 N–H and O–H groups in total. The summed E-state index contributed by atoms with van der Waals surface area (Å²) < 4.78 is 7.23. The highest BCUT2D eigenvalue weighted by atomic mass is 16.5. The summed E-state index contributed by atoms with van der Waals surface area (Å²) in [6.45, 7) is 0.446. The topological polar surface area (TPSA) is 63.0 Å². The summed E-state index contributed by atoms with van der Waals surface area (Å²) in [6, 6.07) is 10.3. The summed E-state index contributed by atoms with van der Waals surface area (Å²) in [7, 11) is 5.54. The van der Waals surface area contributed by atoms with Crippen LogP contribution in [0.15, 0.2) is 36.5 Å². The summed E-state index contributed by atoms with van der Waals surface area (Å²) in [5, 5.41) is 4.87. The molecule has 2 aliphatic rings. The fourth-order valence-corrected chi connectivity index (χ4v) is 4.72. The number of aromatic nitrogens is 3. The van der Waals surface area contributed by atoms with E-state index in [0.29, 0.717) is 6.54 Å². The van der Waals surface area contributed by atoms with E-state index in [2.05, 4.69) is 9.88 Å². The molecule has 150 valence electrons. The molecule has 0 aliphatic carbocycles. The second-order valence-electron chi connectivity index (χ2n) is 8.18. The zero-order valence-electron chi connectivity index (χ0n) is 17.0. The Morgan fingerprint density at radius 1 is 1.24 bits per heavy atom. The fraction of sp³-hybridized carbons (Fsp3) is 0.409. The number of hydrogen-bond donors (Lipinski definition) is 0. The lowest BCUT2D eigenvalue weighted by molar-refractivity contribution is -0.135. The van der Waals surface area contributed by atoms with Crippen LogP contribution in [0.3, 0.4) is 0 Å². The van der Waals surface area contributed by atoms with Crippen LogP contribution in [0.2, 0.25) is 0 Å². The second-order valence-corrected chi connectivity index (χ2v) is 8.18. The molecule has 7 heteroatoms. The minimum atomic E-state index is 0.113. The van der Waals surface area contributed by atoms with Crippen molar-refractivity contribution in [3.63, 3.8) is 0 Å². The molecular weight excluding hydrogens is 366 g/mol. The lowest BCUT2D eigenvalue weighted by Gasteiger charge is -2.36. The first-order valence-electron chi connectivity index (χ1n) is 10.0. The van der Waals surface area contributed by atoms with Gasteiger partial charge in [0.05, 0.1) is 31.1 Å². The standard InChI is InChI=1S/C22H25N5O2/c1-25(2)13-22(28)26-15-6-9-19(26)17-12-23-21-11-18(24-27(21)20(17)10-15)14-4-7-16(29-3)8-5-14/h4-5,7-8,11-12,15,19H,6,9-10,13H2,1-3H3/t15-,19-/m1/s1. The van der Waals surface area contributed by atoms with Gasteiger partial charge in [0.25, 0.3) is 0 Å². The van der Waals surface area contributed by atoms with Crippen LogP contribution in [0.5, 0.6) is 5.75 Å². The number of methoxy groups -OCH3 is 1. The number of nitrogens with zero attached hydrogens (tertiary/aromatic N) is 5. The van der Waals surface area contributed by atoms with Gasteiger partial charge < -0.3 is 14.5 Å². The van der Waals surface area contributed by atoms with Gasteiger partial charge in [-0.05, 0) is 51.2 Å². The Morgan fingerprint density at radius 2 is 2.03 bits per heavy atom. The van der Waals surface area contributed by atoms with Crippen molar-refractivity contribution >= 4 is 11.6 Å². The molecule has 29 heavy (non-hydrogen) atoms. The van der Waals surface area contributed by atoms with Crippen LogP contribution in [0.25, 0.3) is 16.9 Å². The lowest BCUT2D eigenvalue weighted by Crippen LogP contribution is -2.46. The minimum Gasteiger partial charge on any atom is -0.497 e. The molecule has 1 amide bonds. The van der Waals surface area contributed by atoms with Gasteiger partial charge in [-0.2, -0.15) is 5.10 Å². The maximum absolute atomic E-state index is 12.8. The molecule has 0 radical (unpaired) electrons. The third-order valence-electron chi connectivity index (χ3n) is 6.03. The van der Waals surface area contributed by atoms with E-state index in [-0.39, 0.29) is 18.0 Å². The van der Waals surface area contributed by atoms with Gasteiger partial charge in [0.15, 0.2) is 5.65 Å². The third kappa shape index (κ3) is 2.97. The van der Waals surface area contributed by atoms with E-state index in [4.69, 9.17) is 9.84 Å². The maximum Gasteiger partial charge on any atom is 0.237 e. The Balaban J connectivity index is 1.53. The summed E-state index contributed by atoms with van der Waals surface area (Å²) in [5.41, 5.74) is 5.11. The molecule has 1 aromatic carbocycles. The number of benzene rings is 1. The molecular formula is C22H25N5O2. The Hall–Kier alpha value is -2.93. The Bertz CT molecular complexity index is 1070. The van der Waals surface area contributed by atoms with Crippen LogP contribution >= 0.6 is 0 Å². The molecule has 2 atom stereocenters. The van der Waals surface area contributed by atoms with Crippen LogP contribution < -0.4 is 4.74 Å². The molecule has 2 aliphatic heterocycles. The number of rotatable bonds is 4. The molecule has 3 aromatic rings. The average Bonchev–Trinajstić information content (AvgIpc) is 3.28. The van der Waals surface area contributed by atoms with E-state index in [1.165, 1.54) is 5.69 Å². The normalized spacial score (nSPS) is 20.3. The number of amides is 1. The summed E-state index contributed by atoms with van der Waals surface area (Å²) >= 11 is 0. The molecule has 1 fully saturated rings. The second kappa shape index (κ2) is 6.84. The van der Waals surface area contributed by atoms with Crippen molar-refractivity contribution in [1.29, 1.82) is 0 Å². The molecule has 4 heterocycles. The minimum absolute atomic E-state index is 0.113.